The molecule has 1 unspecified atom stereocenters. The number of hydrogen-bond acceptors (Lipinski definition) is 3. The lowest BCUT2D eigenvalue weighted by Gasteiger charge is -2.43. The van der Waals surface area contributed by atoms with Crippen molar-refractivity contribution in [2.24, 2.45) is 4.99 Å². The molecule has 0 bridgehead atoms. The molecule has 1 heterocycles. The Morgan fingerprint density at radius 1 is 1.09 bits per heavy atom. The van der Waals surface area contributed by atoms with E-state index in [9.17, 15) is 4.79 Å². The second-order valence-electron chi connectivity index (χ2n) is 8.47. The lowest BCUT2D eigenvalue weighted by atomic mass is 9.64. The Kier molecular flexibility index (Phi) is 8.92. The number of carbonyl (C=O) groups is 1. The van der Waals surface area contributed by atoms with E-state index in [-0.39, 0.29) is 41.4 Å². The minimum Gasteiger partial charge on any atom is -0.368 e. The molecule has 1 saturated carbocycles. The third-order valence-electron chi connectivity index (χ3n) is 6.39. The Morgan fingerprint density at radius 2 is 1.91 bits per heavy atom. The summed E-state index contributed by atoms with van der Waals surface area (Å²) in [6.45, 7) is 2.16. The fourth-order valence-electron chi connectivity index (χ4n) is 4.39. The largest absolute Gasteiger partial charge is 0.368 e. The van der Waals surface area contributed by atoms with Gasteiger partial charge in [-0.15, -0.1) is 24.0 Å². The number of ether oxygens (including phenoxy) is 1. The third-order valence-corrected chi connectivity index (χ3v) is 6.39. The van der Waals surface area contributed by atoms with Crippen LogP contribution in [0.4, 0.5) is 5.69 Å². The number of hydrogen-bond donors (Lipinski definition) is 3. The van der Waals surface area contributed by atoms with Crippen molar-refractivity contribution >= 4 is 41.5 Å². The average Bonchev–Trinajstić information content (AvgIpc) is 3.31. The van der Waals surface area contributed by atoms with E-state index in [0.29, 0.717) is 13.2 Å². The van der Waals surface area contributed by atoms with Crippen LogP contribution in [0, 0.1) is 0 Å². The van der Waals surface area contributed by atoms with Gasteiger partial charge in [0.2, 0.25) is 0 Å². The molecule has 1 saturated heterocycles. The first-order valence-electron chi connectivity index (χ1n) is 11.2. The van der Waals surface area contributed by atoms with E-state index in [2.05, 4.69) is 51.3 Å². The highest BCUT2D eigenvalue weighted by molar-refractivity contribution is 14.0. The van der Waals surface area contributed by atoms with Crippen molar-refractivity contribution in [3.05, 3.63) is 65.7 Å². The van der Waals surface area contributed by atoms with E-state index in [1.165, 1.54) is 24.8 Å². The number of benzene rings is 2. The molecule has 2 aromatic rings. The molecule has 0 spiro atoms. The van der Waals surface area contributed by atoms with E-state index in [0.717, 1.165) is 36.6 Å². The summed E-state index contributed by atoms with van der Waals surface area (Å²) in [5.41, 5.74) is 3.47. The van der Waals surface area contributed by atoms with Crippen molar-refractivity contribution in [2.45, 2.75) is 50.2 Å². The molecular weight excluding hydrogens is 515 g/mol. The quantitative estimate of drug-likeness (QED) is 0.276. The van der Waals surface area contributed by atoms with Crippen LogP contribution in [0.1, 0.15) is 43.2 Å². The molecule has 0 aromatic heterocycles. The highest BCUT2D eigenvalue weighted by Crippen LogP contribution is 2.43. The molecule has 6 nitrogen and oxygen atoms in total. The molecule has 2 aliphatic rings. The number of nitrogens with zero attached hydrogens (tertiary/aromatic N) is 1. The van der Waals surface area contributed by atoms with Gasteiger partial charge in [0.25, 0.3) is 5.91 Å². The van der Waals surface area contributed by atoms with Crippen LogP contribution < -0.4 is 16.0 Å². The van der Waals surface area contributed by atoms with Crippen molar-refractivity contribution < 1.29 is 9.53 Å². The van der Waals surface area contributed by atoms with Crippen molar-refractivity contribution in [3.63, 3.8) is 0 Å². The Bertz CT molecular complexity index is 909. The third kappa shape index (κ3) is 6.01. The van der Waals surface area contributed by atoms with Crippen LogP contribution in [0.3, 0.4) is 0 Å². The second kappa shape index (κ2) is 11.7. The summed E-state index contributed by atoms with van der Waals surface area (Å²) >= 11 is 0. The number of amides is 1. The van der Waals surface area contributed by atoms with Crippen molar-refractivity contribution in [3.8, 4) is 0 Å². The van der Waals surface area contributed by atoms with Crippen LogP contribution in [-0.4, -0.2) is 38.2 Å². The summed E-state index contributed by atoms with van der Waals surface area (Å²) in [5.74, 6) is 0.725. The maximum Gasteiger partial charge on any atom is 0.253 e. The maximum absolute atomic E-state index is 12.3. The summed E-state index contributed by atoms with van der Waals surface area (Å²) in [4.78, 5) is 16.7. The monoisotopic (exact) mass is 548 g/mol. The number of carbonyl (C=O) groups excluding carboxylic acids is 1. The number of guanidine groups is 1. The van der Waals surface area contributed by atoms with Crippen LogP contribution in [0.5, 0.6) is 0 Å². The fourth-order valence-corrected chi connectivity index (χ4v) is 4.39. The standard InChI is InChI=1S/C25H32N4O2.HI/c1-26-24(28-18-25(13-7-14-25)20-9-3-2-4-10-20)27-17-19-8-5-11-21(16-19)29-23(30)22-12-6-15-31-22;/h2-5,8-11,16,22H,6-7,12-15,17-18H2,1H3,(H,29,30)(H2,26,27,28);1H. The molecule has 32 heavy (non-hydrogen) atoms. The molecule has 1 aliphatic heterocycles. The fraction of sp³-hybridized carbons (Fsp3) is 0.440. The first kappa shape index (κ1) is 24.5. The topological polar surface area (TPSA) is 74.8 Å². The van der Waals surface area contributed by atoms with Gasteiger partial charge in [-0.25, -0.2) is 0 Å². The van der Waals surface area contributed by atoms with Crippen LogP contribution in [-0.2, 0) is 21.5 Å². The molecule has 172 valence electrons. The maximum atomic E-state index is 12.3. The average molecular weight is 548 g/mol. The van der Waals surface area contributed by atoms with Crippen molar-refractivity contribution in [1.82, 2.24) is 10.6 Å². The highest BCUT2D eigenvalue weighted by atomic mass is 127. The minimum absolute atomic E-state index is 0. The van der Waals surface area contributed by atoms with E-state index in [1.54, 1.807) is 7.05 Å². The van der Waals surface area contributed by atoms with E-state index < -0.39 is 0 Å². The van der Waals surface area contributed by atoms with Crippen LogP contribution in [0.15, 0.2) is 59.6 Å². The SMILES string of the molecule is CN=C(NCc1cccc(NC(=O)C2CCCO2)c1)NCC1(c2ccccc2)CCC1.I. The van der Waals surface area contributed by atoms with E-state index >= 15 is 0 Å². The number of rotatable bonds is 7. The molecule has 0 radical (unpaired) electrons. The highest BCUT2D eigenvalue weighted by Gasteiger charge is 2.38. The smallest absolute Gasteiger partial charge is 0.253 e. The van der Waals surface area contributed by atoms with E-state index in [1.807, 2.05) is 24.3 Å². The molecule has 3 N–H and O–H groups in total. The lowest BCUT2D eigenvalue weighted by Crippen LogP contribution is -2.48. The first-order chi connectivity index (χ1) is 15.2. The van der Waals surface area contributed by atoms with Gasteiger partial charge >= 0.3 is 0 Å². The van der Waals surface area contributed by atoms with Gasteiger partial charge in [0.15, 0.2) is 5.96 Å². The van der Waals surface area contributed by atoms with Crippen LogP contribution in [0.2, 0.25) is 0 Å². The minimum atomic E-state index is -0.326. The predicted octanol–water partition coefficient (Wildman–Crippen LogP) is 4.21. The lowest BCUT2D eigenvalue weighted by molar-refractivity contribution is -0.124. The normalized spacial score (nSPS) is 19.4. The van der Waals surface area contributed by atoms with Crippen LogP contribution >= 0.6 is 24.0 Å². The number of nitrogens with one attached hydrogen (secondary N) is 3. The molecule has 7 heteroatoms. The molecule has 4 rings (SSSR count). The Balaban J connectivity index is 0.00000289. The van der Waals surface area contributed by atoms with Gasteiger partial charge in [-0.3, -0.25) is 9.79 Å². The molecular formula is C25H33IN4O2. The Labute approximate surface area is 207 Å². The zero-order chi connectivity index (χ0) is 21.5. The van der Waals surface area contributed by atoms with Crippen molar-refractivity contribution in [1.29, 1.82) is 0 Å². The number of anilines is 1. The van der Waals surface area contributed by atoms with Gasteiger partial charge < -0.3 is 20.7 Å². The molecule has 1 amide bonds. The van der Waals surface area contributed by atoms with Gasteiger partial charge in [-0.05, 0) is 48.9 Å². The van der Waals surface area contributed by atoms with Gasteiger partial charge in [0.05, 0.1) is 0 Å². The number of aliphatic imine (C=N–C) groups is 1. The van der Waals surface area contributed by atoms with Gasteiger partial charge in [-0.1, -0.05) is 48.9 Å². The second-order valence-corrected chi connectivity index (χ2v) is 8.47. The first-order valence-corrected chi connectivity index (χ1v) is 11.2. The van der Waals surface area contributed by atoms with Gasteiger partial charge in [-0.2, -0.15) is 0 Å². The molecule has 1 atom stereocenters. The Hall–Kier alpha value is -2.13. The predicted molar refractivity (Wildman–Crippen MR) is 140 cm³/mol. The summed E-state index contributed by atoms with van der Waals surface area (Å²) in [6.07, 6.45) is 5.08. The van der Waals surface area contributed by atoms with E-state index in [4.69, 9.17) is 4.74 Å². The zero-order valence-electron chi connectivity index (χ0n) is 18.6. The molecule has 2 fully saturated rings. The van der Waals surface area contributed by atoms with Crippen LogP contribution in [0.25, 0.3) is 0 Å². The summed E-state index contributed by atoms with van der Waals surface area (Å²) in [5, 5.41) is 9.88. The van der Waals surface area contributed by atoms with Gasteiger partial charge in [0.1, 0.15) is 6.10 Å². The Morgan fingerprint density at radius 3 is 2.56 bits per heavy atom. The number of halogens is 1. The summed E-state index contributed by atoms with van der Waals surface area (Å²) < 4.78 is 5.46. The summed E-state index contributed by atoms with van der Waals surface area (Å²) in [7, 11) is 1.80. The zero-order valence-corrected chi connectivity index (χ0v) is 20.9. The molecule has 1 aliphatic carbocycles. The van der Waals surface area contributed by atoms with Crippen molar-refractivity contribution in [2.75, 3.05) is 25.5 Å². The molecule has 2 aromatic carbocycles. The van der Waals surface area contributed by atoms with Gasteiger partial charge in [0, 0.05) is 37.8 Å². The summed E-state index contributed by atoms with van der Waals surface area (Å²) in [6, 6.07) is 18.7.